The fourth-order valence-electron chi connectivity index (χ4n) is 3.97. The van der Waals surface area contributed by atoms with Crippen molar-refractivity contribution in [2.24, 2.45) is 0 Å². The Balaban J connectivity index is 1.76. The van der Waals surface area contributed by atoms with Gasteiger partial charge in [0.05, 0.1) is 35.5 Å². The summed E-state index contributed by atoms with van der Waals surface area (Å²) in [4.78, 5) is 13.2. The molecule has 0 saturated heterocycles. The lowest BCUT2D eigenvalue weighted by Gasteiger charge is -2.31. The molecule has 0 spiro atoms. The minimum atomic E-state index is -0.634. The molecule has 0 amide bonds. The van der Waals surface area contributed by atoms with E-state index in [0.29, 0.717) is 50.1 Å². The van der Waals surface area contributed by atoms with Crippen LogP contribution in [0.25, 0.3) is 5.70 Å². The van der Waals surface area contributed by atoms with Crippen LogP contribution >= 0.6 is 35.4 Å². The van der Waals surface area contributed by atoms with E-state index in [1.807, 2.05) is 49.4 Å². The van der Waals surface area contributed by atoms with Gasteiger partial charge in [0.15, 0.2) is 16.6 Å². The van der Waals surface area contributed by atoms with E-state index in [9.17, 15) is 4.79 Å². The summed E-state index contributed by atoms with van der Waals surface area (Å²) in [5.41, 5.74) is 3.36. The van der Waals surface area contributed by atoms with E-state index in [-0.39, 0.29) is 13.2 Å². The predicted octanol–water partition coefficient (Wildman–Crippen LogP) is 6.46. The summed E-state index contributed by atoms with van der Waals surface area (Å²) >= 11 is 18.2. The first-order chi connectivity index (χ1) is 17.9. The largest absolute Gasteiger partial charge is 0.490 e. The zero-order chi connectivity index (χ0) is 26.4. The highest BCUT2D eigenvalue weighted by Gasteiger charge is 2.34. The molecule has 0 fully saturated rings. The normalized spacial score (nSPS) is 15.0. The Bertz CT molecular complexity index is 1310. The standard InChI is InChI=1S/C28H26Cl2N2O4S/c1-3-34-22-15-19(14-21(30)26(22)36-16-17-10-12-20(29)13-11-17)25-23(27(33)35-4-2)24(31-28(37)32-25)18-8-6-5-7-9-18/h5-15,25H,3-4,16H2,1-2H3,(H2,31,32,37)/t25-/m0/s1. The molecule has 1 atom stereocenters. The van der Waals surface area contributed by atoms with Gasteiger partial charge in [-0.3, -0.25) is 0 Å². The van der Waals surface area contributed by atoms with Crippen LogP contribution in [0.1, 0.15) is 36.6 Å². The molecule has 0 radical (unpaired) electrons. The highest BCUT2D eigenvalue weighted by Crippen LogP contribution is 2.41. The lowest BCUT2D eigenvalue weighted by Crippen LogP contribution is -2.45. The van der Waals surface area contributed by atoms with Gasteiger partial charge in [-0.15, -0.1) is 0 Å². The van der Waals surface area contributed by atoms with Crippen molar-refractivity contribution in [1.82, 2.24) is 10.6 Å². The highest BCUT2D eigenvalue weighted by molar-refractivity contribution is 7.80. The third-order valence-corrected chi connectivity index (χ3v) is 6.34. The van der Waals surface area contributed by atoms with Gasteiger partial charge in [-0.25, -0.2) is 4.79 Å². The maximum absolute atomic E-state index is 13.2. The highest BCUT2D eigenvalue weighted by atomic mass is 35.5. The Morgan fingerprint density at radius 1 is 0.973 bits per heavy atom. The molecule has 0 saturated carbocycles. The lowest BCUT2D eigenvalue weighted by atomic mass is 9.92. The smallest absolute Gasteiger partial charge is 0.338 e. The van der Waals surface area contributed by atoms with E-state index in [2.05, 4.69) is 10.6 Å². The van der Waals surface area contributed by atoms with Crippen molar-refractivity contribution in [1.29, 1.82) is 0 Å². The Kier molecular flexibility index (Phi) is 8.92. The van der Waals surface area contributed by atoms with Gasteiger partial charge in [0.25, 0.3) is 0 Å². The molecule has 4 rings (SSSR count). The van der Waals surface area contributed by atoms with E-state index < -0.39 is 12.0 Å². The molecule has 0 bridgehead atoms. The van der Waals surface area contributed by atoms with Crippen LogP contribution in [-0.4, -0.2) is 24.3 Å². The Morgan fingerprint density at radius 3 is 2.38 bits per heavy atom. The zero-order valence-corrected chi connectivity index (χ0v) is 22.7. The molecule has 1 heterocycles. The Hall–Kier alpha value is -3.26. The van der Waals surface area contributed by atoms with Gasteiger partial charge in [-0.2, -0.15) is 0 Å². The van der Waals surface area contributed by atoms with Crippen molar-refractivity contribution in [3.63, 3.8) is 0 Å². The van der Waals surface area contributed by atoms with E-state index in [4.69, 9.17) is 49.6 Å². The quantitative estimate of drug-likeness (QED) is 0.231. The number of rotatable bonds is 9. The van der Waals surface area contributed by atoms with E-state index >= 15 is 0 Å². The van der Waals surface area contributed by atoms with Crippen LogP contribution in [-0.2, 0) is 16.1 Å². The number of esters is 1. The number of halogens is 2. The van der Waals surface area contributed by atoms with Gasteiger partial charge < -0.3 is 24.8 Å². The topological polar surface area (TPSA) is 68.8 Å². The number of carbonyl (C=O) groups excluding carboxylic acids is 1. The maximum Gasteiger partial charge on any atom is 0.338 e. The molecule has 2 N–H and O–H groups in total. The second-order valence-corrected chi connectivity index (χ2v) is 9.34. The van der Waals surface area contributed by atoms with Crippen molar-refractivity contribution in [3.8, 4) is 11.5 Å². The fourth-order valence-corrected chi connectivity index (χ4v) is 4.59. The molecule has 3 aromatic rings. The molecule has 0 aliphatic carbocycles. The molecule has 0 unspecified atom stereocenters. The molecule has 3 aromatic carbocycles. The molecule has 6 nitrogen and oxygen atoms in total. The summed E-state index contributed by atoms with van der Waals surface area (Å²) in [6.45, 7) is 4.53. The first-order valence-electron chi connectivity index (χ1n) is 11.8. The number of hydrogen-bond acceptors (Lipinski definition) is 5. The third kappa shape index (κ3) is 6.36. The van der Waals surface area contributed by atoms with Crippen LogP contribution < -0.4 is 20.1 Å². The summed E-state index contributed by atoms with van der Waals surface area (Å²) in [6, 6.07) is 19.8. The van der Waals surface area contributed by atoms with Gasteiger partial charge in [0.2, 0.25) is 0 Å². The van der Waals surface area contributed by atoms with Crippen molar-refractivity contribution in [2.45, 2.75) is 26.5 Å². The number of ether oxygens (including phenoxy) is 3. The van der Waals surface area contributed by atoms with Crippen LogP contribution in [0.2, 0.25) is 10.0 Å². The van der Waals surface area contributed by atoms with Crippen molar-refractivity contribution in [3.05, 3.63) is 99.0 Å². The van der Waals surface area contributed by atoms with Crippen molar-refractivity contribution < 1.29 is 19.0 Å². The first-order valence-corrected chi connectivity index (χ1v) is 12.9. The Labute approximate surface area is 231 Å². The van der Waals surface area contributed by atoms with Gasteiger partial charge in [0, 0.05) is 5.02 Å². The lowest BCUT2D eigenvalue weighted by molar-refractivity contribution is -0.138. The monoisotopic (exact) mass is 556 g/mol. The van der Waals surface area contributed by atoms with Crippen LogP contribution in [0.4, 0.5) is 0 Å². The average molecular weight is 557 g/mol. The van der Waals surface area contributed by atoms with Crippen molar-refractivity contribution >= 4 is 52.2 Å². The number of hydrogen-bond donors (Lipinski definition) is 2. The Morgan fingerprint density at radius 2 is 1.70 bits per heavy atom. The van der Waals surface area contributed by atoms with Crippen molar-refractivity contribution in [2.75, 3.05) is 13.2 Å². The second-order valence-electron chi connectivity index (χ2n) is 8.08. The van der Waals surface area contributed by atoms with E-state index in [1.54, 1.807) is 31.2 Å². The summed E-state index contributed by atoms with van der Waals surface area (Å²) < 4.78 is 17.4. The molecule has 192 valence electrons. The van der Waals surface area contributed by atoms with E-state index in [1.165, 1.54) is 0 Å². The first kappa shape index (κ1) is 26.8. The molecule has 37 heavy (non-hydrogen) atoms. The summed E-state index contributed by atoms with van der Waals surface area (Å²) in [6.07, 6.45) is 0. The third-order valence-electron chi connectivity index (χ3n) is 5.59. The molecule has 0 aromatic heterocycles. The van der Waals surface area contributed by atoms with Crippen LogP contribution in [0.5, 0.6) is 11.5 Å². The molecule has 1 aliphatic heterocycles. The molecular formula is C28H26Cl2N2O4S. The summed E-state index contributed by atoms with van der Waals surface area (Å²) in [5.74, 6) is 0.393. The van der Waals surface area contributed by atoms with Gasteiger partial charge in [-0.05, 0) is 67.0 Å². The van der Waals surface area contributed by atoms with Gasteiger partial charge in [-0.1, -0.05) is 65.7 Å². The number of benzene rings is 3. The van der Waals surface area contributed by atoms with Gasteiger partial charge in [0.1, 0.15) is 6.61 Å². The van der Waals surface area contributed by atoms with E-state index in [0.717, 1.165) is 11.1 Å². The maximum atomic E-state index is 13.2. The zero-order valence-electron chi connectivity index (χ0n) is 20.3. The average Bonchev–Trinajstić information content (AvgIpc) is 2.89. The molecule has 9 heteroatoms. The van der Waals surface area contributed by atoms with Crippen LogP contribution in [0.3, 0.4) is 0 Å². The molecule has 1 aliphatic rings. The minimum absolute atomic E-state index is 0.226. The predicted molar refractivity (Wildman–Crippen MR) is 150 cm³/mol. The minimum Gasteiger partial charge on any atom is -0.490 e. The summed E-state index contributed by atoms with van der Waals surface area (Å²) in [7, 11) is 0. The molecular weight excluding hydrogens is 531 g/mol. The number of carbonyl (C=O) groups is 1. The van der Waals surface area contributed by atoms with Crippen LogP contribution in [0.15, 0.2) is 72.3 Å². The SMILES string of the molecule is CCOC(=O)C1=C(c2ccccc2)NC(=S)N[C@H]1c1cc(Cl)c(OCc2ccc(Cl)cc2)c(OCC)c1. The summed E-state index contributed by atoms with van der Waals surface area (Å²) in [5, 5.41) is 7.68. The number of thiocarbonyl (C=S) groups is 1. The fraction of sp³-hybridized carbons (Fsp3) is 0.214. The second kappa shape index (κ2) is 12.3. The van der Waals surface area contributed by atoms with Crippen LogP contribution in [0, 0.1) is 0 Å². The van der Waals surface area contributed by atoms with Gasteiger partial charge >= 0.3 is 5.97 Å². The number of nitrogens with one attached hydrogen (secondary N) is 2.